The van der Waals surface area contributed by atoms with Crippen molar-refractivity contribution in [1.82, 2.24) is 4.98 Å². The van der Waals surface area contributed by atoms with Crippen molar-refractivity contribution in [2.45, 2.75) is 26.4 Å². The number of anilines is 2. The van der Waals surface area contributed by atoms with Crippen LogP contribution in [0, 0.1) is 10.1 Å². The van der Waals surface area contributed by atoms with Gasteiger partial charge in [0.25, 0.3) is 0 Å². The lowest BCUT2D eigenvalue weighted by Gasteiger charge is -2.28. The van der Waals surface area contributed by atoms with Crippen molar-refractivity contribution < 1.29 is 10.0 Å². The number of nitrogens with two attached hydrogens (primary N) is 1. The van der Waals surface area contributed by atoms with Gasteiger partial charge in [0.2, 0.25) is 5.82 Å². The first kappa shape index (κ1) is 15.1. The Morgan fingerprint density at radius 2 is 2.21 bits per heavy atom. The number of likely N-dealkylation sites (N-methyl/N-ethyl adjacent to an activating group) is 1. The Kier molecular flexibility index (Phi) is 4.62. The number of aromatic nitrogens is 1. The highest BCUT2D eigenvalue weighted by molar-refractivity contribution is 5.61. The van der Waals surface area contributed by atoms with Crippen molar-refractivity contribution in [2.24, 2.45) is 5.84 Å². The smallest absolute Gasteiger partial charge is 0.311 e. The third-order valence-electron chi connectivity index (χ3n) is 2.46. The molecule has 0 spiro atoms. The van der Waals surface area contributed by atoms with Crippen LogP contribution in [0.15, 0.2) is 12.1 Å². The molecule has 1 aromatic rings. The fourth-order valence-electron chi connectivity index (χ4n) is 1.70. The topological polar surface area (TPSA) is 118 Å². The number of rotatable bonds is 6. The first-order chi connectivity index (χ1) is 8.78. The molecular weight excluding hydrogens is 250 g/mol. The quantitative estimate of drug-likeness (QED) is 0.398. The molecule has 19 heavy (non-hydrogen) atoms. The molecule has 0 saturated heterocycles. The van der Waals surface area contributed by atoms with Crippen LogP contribution in [0.2, 0.25) is 0 Å². The third kappa shape index (κ3) is 4.04. The number of aliphatic hydroxyl groups is 1. The molecule has 0 amide bonds. The highest BCUT2D eigenvalue weighted by Gasteiger charge is 2.25. The van der Waals surface area contributed by atoms with E-state index in [2.05, 4.69) is 10.4 Å². The number of pyridine rings is 1. The molecule has 0 radical (unpaired) electrons. The number of hydrazine groups is 1. The molecule has 0 aliphatic carbocycles. The van der Waals surface area contributed by atoms with E-state index in [1.54, 1.807) is 18.7 Å². The highest BCUT2D eigenvalue weighted by Crippen LogP contribution is 2.28. The molecule has 4 N–H and O–H groups in total. The first-order valence-corrected chi connectivity index (χ1v) is 5.88. The van der Waals surface area contributed by atoms with Crippen molar-refractivity contribution in [3.8, 4) is 0 Å². The largest absolute Gasteiger partial charge is 0.389 e. The van der Waals surface area contributed by atoms with Crippen LogP contribution in [0.25, 0.3) is 0 Å². The van der Waals surface area contributed by atoms with Gasteiger partial charge in [-0.3, -0.25) is 10.1 Å². The van der Waals surface area contributed by atoms with Gasteiger partial charge in [0.15, 0.2) is 0 Å². The summed E-state index contributed by atoms with van der Waals surface area (Å²) < 4.78 is 0. The van der Waals surface area contributed by atoms with E-state index in [0.29, 0.717) is 12.4 Å². The monoisotopic (exact) mass is 269 g/mol. The minimum Gasteiger partial charge on any atom is -0.389 e. The van der Waals surface area contributed by atoms with E-state index in [4.69, 9.17) is 5.84 Å². The zero-order chi connectivity index (χ0) is 14.6. The minimum atomic E-state index is -0.988. The number of nitro groups is 1. The third-order valence-corrected chi connectivity index (χ3v) is 2.46. The second-order valence-electron chi connectivity index (χ2n) is 4.77. The number of nitrogens with one attached hydrogen (secondary N) is 1. The van der Waals surface area contributed by atoms with E-state index >= 15 is 0 Å². The molecule has 0 atom stereocenters. The van der Waals surface area contributed by atoms with Crippen LogP contribution in [-0.2, 0) is 0 Å². The SMILES string of the molecule is CCN(CC(C)(C)O)c1nc(NN)ccc1[N+](=O)[O-]. The molecule has 0 aliphatic heterocycles. The van der Waals surface area contributed by atoms with Gasteiger partial charge in [-0.25, -0.2) is 10.8 Å². The molecule has 0 aliphatic rings. The van der Waals surface area contributed by atoms with Gasteiger partial charge in [-0.15, -0.1) is 0 Å². The summed E-state index contributed by atoms with van der Waals surface area (Å²) in [5, 5.41) is 20.9. The number of nitrogens with zero attached hydrogens (tertiary/aromatic N) is 3. The van der Waals surface area contributed by atoms with Crippen molar-refractivity contribution in [3.63, 3.8) is 0 Å². The van der Waals surface area contributed by atoms with Gasteiger partial charge in [0.05, 0.1) is 10.5 Å². The Labute approximate surface area is 111 Å². The van der Waals surface area contributed by atoms with Crippen LogP contribution in [0.4, 0.5) is 17.3 Å². The zero-order valence-electron chi connectivity index (χ0n) is 11.3. The molecule has 0 aromatic carbocycles. The molecular formula is C11H19N5O3. The molecule has 1 heterocycles. The summed E-state index contributed by atoms with van der Waals surface area (Å²) in [6.45, 7) is 5.80. The van der Waals surface area contributed by atoms with Gasteiger partial charge in [-0.05, 0) is 26.8 Å². The summed E-state index contributed by atoms with van der Waals surface area (Å²) in [7, 11) is 0. The molecule has 1 aromatic heterocycles. The summed E-state index contributed by atoms with van der Waals surface area (Å²) in [6, 6.07) is 2.77. The summed E-state index contributed by atoms with van der Waals surface area (Å²) in [5.41, 5.74) is 1.24. The van der Waals surface area contributed by atoms with Crippen molar-refractivity contribution in [1.29, 1.82) is 0 Å². The second kappa shape index (κ2) is 5.81. The maximum Gasteiger partial charge on any atom is 0.311 e. The van der Waals surface area contributed by atoms with Crippen LogP contribution in [0.1, 0.15) is 20.8 Å². The summed E-state index contributed by atoms with van der Waals surface area (Å²) in [5.74, 6) is 5.78. The van der Waals surface area contributed by atoms with Crippen molar-refractivity contribution in [2.75, 3.05) is 23.4 Å². The Morgan fingerprint density at radius 3 is 2.63 bits per heavy atom. The molecule has 0 unspecified atom stereocenters. The molecule has 106 valence electrons. The van der Waals surface area contributed by atoms with Gasteiger partial charge >= 0.3 is 5.69 Å². The predicted octanol–water partition coefficient (Wildman–Crippen LogP) is 0.873. The van der Waals surface area contributed by atoms with Gasteiger partial charge in [0, 0.05) is 19.2 Å². The lowest BCUT2D eigenvalue weighted by molar-refractivity contribution is -0.384. The molecule has 8 nitrogen and oxygen atoms in total. The van der Waals surface area contributed by atoms with E-state index in [9.17, 15) is 15.2 Å². The number of hydrogen-bond donors (Lipinski definition) is 3. The first-order valence-electron chi connectivity index (χ1n) is 5.88. The average Bonchev–Trinajstić information content (AvgIpc) is 2.33. The van der Waals surface area contributed by atoms with Crippen LogP contribution >= 0.6 is 0 Å². The maximum absolute atomic E-state index is 11.0. The lowest BCUT2D eigenvalue weighted by Crippen LogP contribution is -2.39. The van der Waals surface area contributed by atoms with Gasteiger partial charge in [-0.1, -0.05) is 0 Å². The fourth-order valence-corrected chi connectivity index (χ4v) is 1.70. The van der Waals surface area contributed by atoms with Gasteiger partial charge in [0.1, 0.15) is 5.82 Å². The second-order valence-corrected chi connectivity index (χ2v) is 4.77. The molecule has 1 rings (SSSR count). The Bertz CT molecular complexity index is 458. The Balaban J connectivity index is 3.23. The van der Waals surface area contributed by atoms with E-state index in [1.807, 2.05) is 6.92 Å². The van der Waals surface area contributed by atoms with Crippen molar-refractivity contribution in [3.05, 3.63) is 22.2 Å². The Hall–Kier alpha value is -1.93. The lowest BCUT2D eigenvalue weighted by atomic mass is 10.1. The molecule has 0 fully saturated rings. The van der Waals surface area contributed by atoms with Crippen LogP contribution in [0.3, 0.4) is 0 Å². The van der Waals surface area contributed by atoms with Gasteiger partial charge in [-0.2, -0.15) is 0 Å². The van der Waals surface area contributed by atoms with E-state index < -0.39 is 10.5 Å². The molecule has 0 bridgehead atoms. The zero-order valence-corrected chi connectivity index (χ0v) is 11.3. The van der Waals surface area contributed by atoms with E-state index in [1.165, 1.54) is 12.1 Å². The normalized spacial score (nSPS) is 11.2. The minimum absolute atomic E-state index is 0.120. The van der Waals surface area contributed by atoms with Gasteiger partial charge < -0.3 is 15.4 Å². The maximum atomic E-state index is 11.0. The van der Waals surface area contributed by atoms with Crippen LogP contribution in [0.5, 0.6) is 0 Å². The Morgan fingerprint density at radius 1 is 1.58 bits per heavy atom. The number of hydrogen-bond acceptors (Lipinski definition) is 7. The van der Waals surface area contributed by atoms with Crippen LogP contribution in [-0.4, -0.2) is 33.7 Å². The van der Waals surface area contributed by atoms with E-state index in [-0.39, 0.29) is 18.1 Å². The molecule has 0 saturated carbocycles. The summed E-state index contributed by atoms with van der Waals surface area (Å²) >= 11 is 0. The summed E-state index contributed by atoms with van der Waals surface area (Å²) in [6.07, 6.45) is 0. The van der Waals surface area contributed by atoms with Crippen LogP contribution < -0.4 is 16.2 Å². The fraction of sp³-hybridized carbons (Fsp3) is 0.545. The number of nitrogen functional groups attached to an aromatic ring is 1. The predicted molar refractivity (Wildman–Crippen MR) is 72.9 cm³/mol. The molecule has 8 heteroatoms. The summed E-state index contributed by atoms with van der Waals surface area (Å²) in [4.78, 5) is 16.3. The van der Waals surface area contributed by atoms with E-state index in [0.717, 1.165) is 0 Å². The standard InChI is InChI=1S/C11H19N5O3/c1-4-15(7-11(2,3)17)10-8(16(18)19)5-6-9(13-10)14-12/h5-6,17H,4,7,12H2,1-3H3,(H,13,14). The van der Waals surface area contributed by atoms with Crippen molar-refractivity contribution >= 4 is 17.3 Å². The average molecular weight is 269 g/mol. The highest BCUT2D eigenvalue weighted by atomic mass is 16.6.